The summed E-state index contributed by atoms with van der Waals surface area (Å²) in [5, 5.41) is 17.3. The number of oxime groups is 1. The fourth-order valence-electron chi connectivity index (χ4n) is 0.0258. The molecular weight excluding hydrogens is 91.0 g/mol. The van der Waals surface area contributed by atoms with Crippen LogP contribution in [0.15, 0.2) is 5.16 Å². The molecule has 1 N–H and O–H groups in total. The quantitative estimate of drug-likeness (QED) is 0.187. The molecule has 0 fully saturated rings. The molecule has 0 saturated heterocycles. The normalized spacial score (nSPS) is 6.50. The predicted octanol–water partition coefficient (Wildman–Crippen LogP) is -0.679. The van der Waals surface area contributed by atoms with Crippen LogP contribution in [0.2, 0.25) is 0 Å². The van der Waals surface area contributed by atoms with E-state index in [1.165, 1.54) is 6.07 Å². The molecule has 0 amide bonds. The van der Waals surface area contributed by atoms with Crippen molar-refractivity contribution in [3.8, 4) is 6.07 Å². The zero-order valence-electron chi connectivity index (χ0n) is 2.42. The topological polar surface area (TPSA) is 56.4 Å². The Morgan fingerprint density at radius 1 is 1.83 bits per heavy atom. The van der Waals surface area contributed by atoms with Crippen LogP contribution >= 0.6 is 0 Å². The van der Waals surface area contributed by atoms with Crippen LogP contribution in [0.5, 0.6) is 0 Å². The Bertz CT molecular complexity index is 74.1. The van der Waals surface area contributed by atoms with E-state index in [9.17, 15) is 0 Å². The number of hydrogen-bond acceptors (Lipinski definition) is 3. The van der Waals surface area contributed by atoms with Crippen LogP contribution in [0.3, 0.4) is 0 Å². The third kappa shape index (κ3) is 9.03. The van der Waals surface area contributed by atoms with Gasteiger partial charge in [0.2, 0.25) is 0 Å². The van der Waals surface area contributed by atoms with E-state index >= 15 is 0 Å². The van der Waals surface area contributed by atoms with E-state index in [4.69, 9.17) is 10.5 Å². The number of nitriles is 1. The Labute approximate surface area is 57.6 Å². The minimum absolute atomic E-state index is 0. The standard InChI is InChI=1S/C2H2N2O.Na.H/c3-1-2-4-5;;/h2,5H;;. The maximum atomic E-state index is 7.51. The average Bonchev–Trinajstić information content (AvgIpc) is 1.41. The molecule has 28 valence electrons. The Kier molecular flexibility index (Phi) is 13.8. The van der Waals surface area contributed by atoms with Gasteiger partial charge in [0.15, 0.2) is 0 Å². The summed E-state index contributed by atoms with van der Waals surface area (Å²) in [5.41, 5.74) is 0. The number of rotatable bonds is 0. The molecule has 3 nitrogen and oxygen atoms in total. The second-order valence-corrected chi connectivity index (χ2v) is 0.374. The summed E-state index contributed by atoms with van der Waals surface area (Å²) in [5.74, 6) is 0. The number of hydrogen-bond donors (Lipinski definition) is 1. The molecule has 0 unspecified atom stereocenters. The van der Waals surface area contributed by atoms with Crippen LogP contribution in [0.1, 0.15) is 0 Å². The van der Waals surface area contributed by atoms with E-state index in [0.29, 0.717) is 0 Å². The van der Waals surface area contributed by atoms with Crippen molar-refractivity contribution in [1.29, 1.82) is 5.26 Å². The molecule has 0 aliphatic rings. The third-order valence-corrected chi connectivity index (χ3v) is 0.115. The van der Waals surface area contributed by atoms with Gasteiger partial charge >= 0.3 is 29.6 Å². The van der Waals surface area contributed by atoms with Crippen molar-refractivity contribution in [2.24, 2.45) is 5.16 Å². The summed E-state index contributed by atoms with van der Waals surface area (Å²) in [6.45, 7) is 0. The van der Waals surface area contributed by atoms with Gasteiger partial charge in [0.05, 0.1) is 0 Å². The Morgan fingerprint density at radius 2 is 2.33 bits per heavy atom. The second-order valence-electron chi connectivity index (χ2n) is 0.374. The van der Waals surface area contributed by atoms with Crippen LogP contribution in [-0.4, -0.2) is 41.0 Å². The molecule has 0 rings (SSSR count). The zero-order valence-corrected chi connectivity index (χ0v) is 2.42. The first-order valence-corrected chi connectivity index (χ1v) is 0.970. The summed E-state index contributed by atoms with van der Waals surface area (Å²) in [7, 11) is 0. The second kappa shape index (κ2) is 8.88. The maximum absolute atomic E-state index is 7.51. The van der Waals surface area contributed by atoms with E-state index in [1.54, 1.807) is 0 Å². The molecule has 0 radical (unpaired) electrons. The van der Waals surface area contributed by atoms with Crippen molar-refractivity contribution in [3.05, 3.63) is 0 Å². The van der Waals surface area contributed by atoms with Gasteiger partial charge in [-0.15, -0.1) is 0 Å². The molecule has 0 atom stereocenters. The molecule has 0 aromatic heterocycles. The van der Waals surface area contributed by atoms with E-state index < -0.39 is 0 Å². The van der Waals surface area contributed by atoms with Crippen LogP contribution < -0.4 is 0 Å². The molecule has 0 aromatic rings. The molecule has 4 heteroatoms. The first-order valence-electron chi connectivity index (χ1n) is 0.970. The van der Waals surface area contributed by atoms with Crippen LogP contribution in [0, 0.1) is 11.3 Å². The number of nitrogens with zero attached hydrogens (tertiary/aromatic N) is 2. The third-order valence-electron chi connectivity index (χ3n) is 0.115. The van der Waals surface area contributed by atoms with E-state index in [1.807, 2.05) is 0 Å². The summed E-state index contributed by atoms with van der Waals surface area (Å²) in [4.78, 5) is 0. The summed E-state index contributed by atoms with van der Waals surface area (Å²) in [6, 6.07) is 1.48. The Morgan fingerprint density at radius 3 is 2.33 bits per heavy atom. The van der Waals surface area contributed by atoms with Gasteiger partial charge in [-0.25, -0.2) is 0 Å². The van der Waals surface area contributed by atoms with Crippen molar-refractivity contribution >= 4 is 35.8 Å². The van der Waals surface area contributed by atoms with Gasteiger partial charge in [-0.1, -0.05) is 5.16 Å². The van der Waals surface area contributed by atoms with Crippen LogP contribution in [0.4, 0.5) is 0 Å². The molecule has 0 aliphatic heterocycles. The van der Waals surface area contributed by atoms with Gasteiger partial charge in [0.25, 0.3) is 0 Å². The van der Waals surface area contributed by atoms with Crippen molar-refractivity contribution in [2.45, 2.75) is 0 Å². The molecule has 0 spiro atoms. The van der Waals surface area contributed by atoms with Crippen LogP contribution in [-0.2, 0) is 0 Å². The molecular formula is C2H3N2NaO. The monoisotopic (exact) mass is 94.0 g/mol. The van der Waals surface area contributed by atoms with E-state index in [0.717, 1.165) is 6.21 Å². The van der Waals surface area contributed by atoms with Crippen molar-refractivity contribution in [1.82, 2.24) is 0 Å². The molecule has 0 bridgehead atoms. The first-order chi connectivity index (χ1) is 2.41. The van der Waals surface area contributed by atoms with Crippen molar-refractivity contribution in [3.63, 3.8) is 0 Å². The van der Waals surface area contributed by atoms with Gasteiger partial charge in [-0.2, -0.15) is 5.26 Å². The Balaban J connectivity index is 0. The fraction of sp³-hybridized carbons (Fsp3) is 0. The van der Waals surface area contributed by atoms with E-state index in [2.05, 4.69) is 5.16 Å². The van der Waals surface area contributed by atoms with Gasteiger partial charge < -0.3 is 5.21 Å². The summed E-state index contributed by atoms with van der Waals surface area (Å²) in [6.07, 6.45) is 0.736. The first kappa shape index (κ1) is 9.35. The molecule has 0 aliphatic carbocycles. The Hall–Kier alpha value is -0.0400. The van der Waals surface area contributed by atoms with Gasteiger partial charge in [0.1, 0.15) is 12.3 Å². The minimum atomic E-state index is 0. The van der Waals surface area contributed by atoms with Gasteiger partial charge in [-0.3, -0.25) is 0 Å². The van der Waals surface area contributed by atoms with Gasteiger partial charge in [-0.05, 0) is 0 Å². The van der Waals surface area contributed by atoms with Crippen molar-refractivity contribution in [2.75, 3.05) is 0 Å². The molecule has 6 heavy (non-hydrogen) atoms. The SMILES string of the molecule is N#CC=NO.[NaH]. The molecule has 0 saturated carbocycles. The zero-order chi connectivity index (χ0) is 4.12. The summed E-state index contributed by atoms with van der Waals surface area (Å²) >= 11 is 0. The summed E-state index contributed by atoms with van der Waals surface area (Å²) < 4.78 is 0. The molecule has 0 aromatic carbocycles. The molecule has 0 heterocycles. The predicted molar refractivity (Wildman–Crippen MR) is 23.0 cm³/mol. The average molecular weight is 94.0 g/mol. The van der Waals surface area contributed by atoms with Crippen LogP contribution in [0.25, 0.3) is 0 Å². The van der Waals surface area contributed by atoms with Crippen molar-refractivity contribution < 1.29 is 5.21 Å². The van der Waals surface area contributed by atoms with Gasteiger partial charge in [0, 0.05) is 0 Å². The van der Waals surface area contributed by atoms with E-state index in [-0.39, 0.29) is 29.6 Å². The fourth-order valence-corrected chi connectivity index (χ4v) is 0.0258.